The van der Waals surface area contributed by atoms with Crippen molar-refractivity contribution in [2.75, 3.05) is 13.3 Å². The molecule has 0 bridgehead atoms. The lowest BCUT2D eigenvalue weighted by atomic mass is 10.0. The Balaban J connectivity index is 1.41. The maximum atomic E-state index is 13.2. The minimum absolute atomic E-state index is 0.0625. The number of benzene rings is 2. The molecule has 200 valence electrons. The number of sulfonamides is 1. The summed E-state index contributed by atoms with van der Waals surface area (Å²) in [6, 6.07) is 16.7. The summed E-state index contributed by atoms with van der Waals surface area (Å²) in [5.41, 5.74) is 0.0625. The largest absolute Gasteiger partial charge is 0.342 e. The van der Waals surface area contributed by atoms with E-state index in [0.29, 0.717) is 24.1 Å². The molecule has 2 N–H and O–H groups in total. The van der Waals surface area contributed by atoms with E-state index in [1.807, 2.05) is 50.2 Å². The van der Waals surface area contributed by atoms with Gasteiger partial charge in [-0.1, -0.05) is 44.2 Å². The molecule has 1 fully saturated rings. The number of ether oxygens (including phenoxy) is 1. The summed E-state index contributed by atoms with van der Waals surface area (Å²) in [4.78, 5) is 26.7. The van der Waals surface area contributed by atoms with E-state index < -0.39 is 22.3 Å². The lowest BCUT2D eigenvalue weighted by Crippen LogP contribution is -2.50. The fourth-order valence-corrected chi connectivity index (χ4v) is 6.74. The molecule has 38 heavy (non-hydrogen) atoms. The van der Waals surface area contributed by atoms with Gasteiger partial charge in [0.15, 0.2) is 0 Å². The molecule has 2 amide bonds. The van der Waals surface area contributed by atoms with Gasteiger partial charge in [-0.25, -0.2) is 8.42 Å². The molecule has 3 aromatic rings. The fourth-order valence-electron chi connectivity index (χ4n) is 4.29. The van der Waals surface area contributed by atoms with Crippen molar-refractivity contribution < 1.29 is 22.7 Å². The van der Waals surface area contributed by atoms with Crippen molar-refractivity contribution in [3.05, 3.63) is 65.0 Å². The molecule has 0 unspecified atom stereocenters. The third kappa shape index (κ3) is 6.39. The number of nitrogens with one attached hydrogen (secondary N) is 2. The van der Waals surface area contributed by atoms with E-state index in [1.165, 1.54) is 27.8 Å². The number of carbonyl (C=O) groups is 2. The van der Waals surface area contributed by atoms with Crippen LogP contribution in [0.4, 0.5) is 0 Å². The number of hydrogen-bond donors (Lipinski definition) is 2. The molecule has 4 rings (SSSR count). The van der Waals surface area contributed by atoms with Crippen LogP contribution in [0.1, 0.15) is 48.3 Å². The molecule has 9 nitrogen and oxygen atoms in total. The van der Waals surface area contributed by atoms with Gasteiger partial charge >= 0.3 is 0 Å². The van der Waals surface area contributed by atoms with Crippen LogP contribution in [-0.2, 0) is 19.6 Å². The lowest BCUT2D eigenvalue weighted by molar-refractivity contribution is -0.128. The Morgan fingerprint density at radius 1 is 1.18 bits per heavy atom. The zero-order valence-corrected chi connectivity index (χ0v) is 22.8. The van der Waals surface area contributed by atoms with Gasteiger partial charge in [0.1, 0.15) is 30.0 Å². The molecule has 11 heteroatoms. The Labute approximate surface area is 226 Å². The summed E-state index contributed by atoms with van der Waals surface area (Å²) in [5.74, 6) is -0.559. The smallest absolute Gasteiger partial charge is 0.262 e. The number of fused-ring (bicyclic) bond motifs is 1. The summed E-state index contributed by atoms with van der Waals surface area (Å²) < 4.78 is 34.3. The van der Waals surface area contributed by atoms with Crippen molar-refractivity contribution in [3.63, 3.8) is 0 Å². The number of nitrogens with zero attached hydrogens (tertiary/aromatic N) is 2. The first-order valence-electron chi connectivity index (χ1n) is 12.4. The van der Waals surface area contributed by atoms with E-state index in [4.69, 9.17) is 4.74 Å². The van der Waals surface area contributed by atoms with Gasteiger partial charge < -0.3 is 15.4 Å². The molecule has 0 aliphatic carbocycles. The second-order valence-electron chi connectivity index (χ2n) is 9.53. The summed E-state index contributed by atoms with van der Waals surface area (Å²) in [7, 11) is -3.95. The number of amides is 2. The first-order valence-corrected chi connectivity index (χ1v) is 14.7. The molecule has 2 heterocycles. The van der Waals surface area contributed by atoms with E-state index in [9.17, 15) is 23.3 Å². The van der Waals surface area contributed by atoms with Crippen molar-refractivity contribution in [1.29, 1.82) is 5.26 Å². The number of carbonyl (C=O) groups excluding carboxylic acids is 2. The van der Waals surface area contributed by atoms with Crippen molar-refractivity contribution >= 4 is 43.3 Å². The van der Waals surface area contributed by atoms with Crippen molar-refractivity contribution in [2.45, 2.75) is 50.3 Å². The maximum absolute atomic E-state index is 13.2. The Morgan fingerprint density at radius 2 is 1.92 bits per heavy atom. The molecule has 1 aliphatic heterocycles. The average molecular weight is 555 g/mol. The predicted molar refractivity (Wildman–Crippen MR) is 145 cm³/mol. The van der Waals surface area contributed by atoms with Crippen LogP contribution in [0.5, 0.6) is 0 Å². The Kier molecular flexibility index (Phi) is 8.79. The average Bonchev–Trinajstić information content (AvgIpc) is 3.20. The molecule has 1 aromatic heterocycles. The van der Waals surface area contributed by atoms with Crippen molar-refractivity contribution in [2.24, 2.45) is 5.92 Å². The van der Waals surface area contributed by atoms with Gasteiger partial charge in [-0.05, 0) is 54.8 Å². The molecule has 1 saturated heterocycles. The van der Waals surface area contributed by atoms with Gasteiger partial charge in [0.2, 0.25) is 15.9 Å². The third-order valence-corrected chi connectivity index (χ3v) is 9.19. The van der Waals surface area contributed by atoms with Crippen LogP contribution in [0.15, 0.2) is 59.5 Å². The first-order chi connectivity index (χ1) is 18.2. The van der Waals surface area contributed by atoms with Gasteiger partial charge in [-0.15, -0.1) is 11.3 Å². The number of rotatable bonds is 8. The van der Waals surface area contributed by atoms with E-state index in [0.717, 1.165) is 10.1 Å². The summed E-state index contributed by atoms with van der Waals surface area (Å²) in [6.07, 6.45) is 0.559. The van der Waals surface area contributed by atoms with Gasteiger partial charge in [-0.3, -0.25) is 9.59 Å². The highest BCUT2D eigenvalue weighted by Gasteiger charge is 2.31. The van der Waals surface area contributed by atoms with Crippen molar-refractivity contribution in [1.82, 2.24) is 14.9 Å². The predicted octanol–water partition coefficient (Wildman–Crippen LogP) is 3.82. The second-order valence-corrected chi connectivity index (χ2v) is 12.5. The van der Waals surface area contributed by atoms with Crippen LogP contribution in [-0.4, -0.2) is 50.1 Å². The summed E-state index contributed by atoms with van der Waals surface area (Å²) >= 11 is 1.37. The molecule has 0 saturated carbocycles. The monoisotopic (exact) mass is 554 g/mol. The normalized spacial score (nSPS) is 17.5. The first kappa shape index (κ1) is 27.7. The molecular weight excluding hydrogens is 524 g/mol. The highest BCUT2D eigenvalue weighted by atomic mass is 32.2. The number of hydrogen-bond acceptors (Lipinski definition) is 7. The quantitative estimate of drug-likeness (QED) is 0.436. The van der Waals surface area contributed by atoms with E-state index in [2.05, 4.69) is 10.6 Å². The highest BCUT2D eigenvalue weighted by molar-refractivity contribution is 7.89. The molecule has 0 radical (unpaired) electrons. The zero-order chi connectivity index (χ0) is 27.3. The number of nitriles is 1. The minimum atomic E-state index is -3.95. The van der Waals surface area contributed by atoms with Crippen LogP contribution in [0.25, 0.3) is 10.1 Å². The maximum Gasteiger partial charge on any atom is 0.262 e. The van der Waals surface area contributed by atoms with Crippen molar-refractivity contribution in [3.8, 4) is 6.07 Å². The van der Waals surface area contributed by atoms with Crippen LogP contribution in [0, 0.1) is 17.2 Å². The SMILES string of the molecule is CC(C)C[C@H](NC(=O)c1cc2ccccc2s1)C(=O)N[C@H]1CCCN(S(=O)(=O)c2ccccc2C#N)CO1. The molecule has 1 aliphatic rings. The lowest BCUT2D eigenvalue weighted by Gasteiger charge is -2.24. The standard InChI is InChI=1S/C27H30N4O5S2/c1-18(2)14-21(29-27(33)23-15-19-8-3-5-10-22(19)37-23)26(32)30-25-12-7-13-31(17-36-25)38(34,35)24-11-6-4-9-20(24)16-28/h3-6,8-11,15,18,21,25H,7,12-14,17H2,1-2H3,(H,29,33)(H,30,32)/t21-,25+/m0/s1. The van der Waals surface area contributed by atoms with Crippen LogP contribution >= 0.6 is 11.3 Å². The molecule has 0 spiro atoms. The van der Waals surface area contributed by atoms with E-state index in [1.54, 1.807) is 12.1 Å². The Bertz CT molecular complexity index is 1430. The van der Waals surface area contributed by atoms with Gasteiger partial charge in [0, 0.05) is 11.2 Å². The number of thiophene rings is 1. The summed E-state index contributed by atoms with van der Waals surface area (Å²) in [5, 5.41) is 16.0. The molecular formula is C27H30N4O5S2. The Morgan fingerprint density at radius 3 is 2.66 bits per heavy atom. The molecule has 2 atom stereocenters. The van der Waals surface area contributed by atoms with Crippen LogP contribution in [0.2, 0.25) is 0 Å². The third-order valence-electron chi connectivity index (χ3n) is 6.20. The van der Waals surface area contributed by atoms with Crippen LogP contribution < -0.4 is 10.6 Å². The second kappa shape index (κ2) is 12.0. The summed E-state index contributed by atoms with van der Waals surface area (Å²) in [6.45, 7) is 3.86. The van der Waals surface area contributed by atoms with E-state index in [-0.39, 0.29) is 41.5 Å². The zero-order valence-electron chi connectivity index (χ0n) is 21.2. The van der Waals surface area contributed by atoms with Gasteiger partial charge in [0.05, 0.1) is 10.4 Å². The Hall–Kier alpha value is -3.30. The topological polar surface area (TPSA) is 129 Å². The van der Waals surface area contributed by atoms with E-state index >= 15 is 0 Å². The minimum Gasteiger partial charge on any atom is -0.342 e. The molecule has 2 aromatic carbocycles. The fraction of sp³-hybridized carbons (Fsp3) is 0.370. The highest BCUT2D eigenvalue weighted by Crippen LogP contribution is 2.26. The van der Waals surface area contributed by atoms with Gasteiger partial charge in [0.25, 0.3) is 5.91 Å². The van der Waals surface area contributed by atoms with Crippen LogP contribution in [0.3, 0.4) is 0 Å². The van der Waals surface area contributed by atoms with Gasteiger partial charge in [-0.2, -0.15) is 9.57 Å².